The summed E-state index contributed by atoms with van der Waals surface area (Å²) in [6.45, 7) is 1.98. The van der Waals surface area contributed by atoms with E-state index in [2.05, 4.69) is 28.8 Å². The van der Waals surface area contributed by atoms with Gasteiger partial charge in [-0.3, -0.25) is 9.59 Å². The lowest BCUT2D eigenvalue weighted by molar-refractivity contribution is -0.124. The van der Waals surface area contributed by atoms with Crippen LogP contribution in [0.1, 0.15) is 24.9 Å². The van der Waals surface area contributed by atoms with Gasteiger partial charge in [0.2, 0.25) is 11.8 Å². The molecule has 3 aromatic carbocycles. The Kier molecular flexibility index (Phi) is 4.86. The molecule has 136 valence electrons. The van der Waals surface area contributed by atoms with Crippen molar-refractivity contribution in [3.05, 3.63) is 72.3 Å². The minimum atomic E-state index is -0.417. The molecule has 0 spiro atoms. The molecule has 4 rings (SSSR count). The monoisotopic (exact) mass is 376 g/mol. The summed E-state index contributed by atoms with van der Waals surface area (Å²) < 4.78 is 0. The maximum Gasteiger partial charge on any atom is 0.238 e. The van der Waals surface area contributed by atoms with E-state index in [1.807, 2.05) is 55.5 Å². The van der Waals surface area contributed by atoms with Crippen molar-refractivity contribution in [3.63, 3.8) is 0 Å². The number of benzene rings is 3. The second-order valence-corrected chi connectivity index (χ2v) is 7.90. The van der Waals surface area contributed by atoms with E-state index in [0.717, 1.165) is 26.9 Å². The molecule has 0 saturated carbocycles. The molecule has 1 aliphatic rings. The van der Waals surface area contributed by atoms with Gasteiger partial charge in [0.05, 0.1) is 17.0 Å². The standard InChI is InChI=1S/C22H20N2O2S/c1-14(16-10-6-8-15-7-2-3-9-17(15)16)23-21(25)13-20-22(26)24-18-11-4-5-12-19(18)27-20/h2-12,14,20H,13H2,1H3,(H,23,25)(H,24,26). The molecular weight excluding hydrogens is 356 g/mol. The van der Waals surface area contributed by atoms with Gasteiger partial charge in [-0.15, -0.1) is 11.8 Å². The van der Waals surface area contributed by atoms with Crippen molar-refractivity contribution in [2.75, 3.05) is 5.32 Å². The van der Waals surface area contributed by atoms with E-state index in [0.29, 0.717) is 0 Å². The number of amides is 2. The molecule has 27 heavy (non-hydrogen) atoms. The number of carbonyl (C=O) groups is 2. The zero-order chi connectivity index (χ0) is 18.8. The molecule has 5 heteroatoms. The van der Waals surface area contributed by atoms with Crippen LogP contribution in [-0.2, 0) is 9.59 Å². The van der Waals surface area contributed by atoms with E-state index in [1.165, 1.54) is 11.8 Å². The molecule has 0 aliphatic carbocycles. The third kappa shape index (κ3) is 3.69. The number of rotatable bonds is 4. The molecule has 2 unspecified atom stereocenters. The smallest absolute Gasteiger partial charge is 0.238 e. The molecule has 1 aliphatic heterocycles. The summed E-state index contributed by atoms with van der Waals surface area (Å²) in [5.74, 6) is -0.242. The zero-order valence-electron chi connectivity index (χ0n) is 14.9. The lowest BCUT2D eigenvalue weighted by atomic mass is 9.99. The molecule has 1 heterocycles. The first kappa shape index (κ1) is 17.6. The maximum atomic E-state index is 12.6. The number of para-hydroxylation sites is 1. The average Bonchev–Trinajstić information content (AvgIpc) is 2.68. The van der Waals surface area contributed by atoms with Gasteiger partial charge in [0, 0.05) is 11.3 Å². The third-order valence-corrected chi connectivity index (χ3v) is 6.02. The van der Waals surface area contributed by atoms with Crippen molar-refractivity contribution in [2.24, 2.45) is 0 Å². The molecule has 2 N–H and O–H groups in total. The van der Waals surface area contributed by atoms with Crippen LogP contribution in [0.3, 0.4) is 0 Å². The highest BCUT2D eigenvalue weighted by Crippen LogP contribution is 2.36. The van der Waals surface area contributed by atoms with Crippen LogP contribution in [-0.4, -0.2) is 17.1 Å². The number of hydrogen-bond acceptors (Lipinski definition) is 3. The van der Waals surface area contributed by atoms with Gasteiger partial charge in [-0.25, -0.2) is 0 Å². The molecule has 2 atom stereocenters. The minimum Gasteiger partial charge on any atom is -0.350 e. The quantitative estimate of drug-likeness (QED) is 0.704. The summed E-state index contributed by atoms with van der Waals surface area (Å²) in [6, 6.07) is 21.8. The first-order valence-corrected chi connectivity index (χ1v) is 9.83. The molecule has 0 aromatic heterocycles. The van der Waals surface area contributed by atoms with Gasteiger partial charge in [0.15, 0.2) is 0 Å². The van der Waals surface area contributed by atoms with Crippen LogP contribution < -0.4 is 10.6 Å². The summed E-state index contributed by atoms with van der Waals surface area (Å²) in [7, 11) is 0. The van der Waals surface area contributed by atoms with E-state index in [9.17, 15) is 9.59 Å². The van der Waals surface area contributed by atoms with Crippen LogP contribution in [0, 0.1) is 0 Å². The Hall–Kier alpha value is -2.79. The van der Waals surface area contributed by atoms with Crippen LogP contribution in [0.25, 0.3) is 10.8 Å². The zero-order valence-corrected chi connectivity index (χ0v) is 15.8. The molecule has 2 amide bonds. The van der Waals surface area contributed by atoms with E-state index >= 15 is 0 Å². The second kappa shape index (κ2) is 7.45. The summed E-state index contributed by atoms with van der Waals surface area (Å²) in [4.78, 5) is 25.9. The Morgan fingerprint density at radius 1 is 1.07 bits per heavy atom. The molecule has 0 saturated heterocycles. The Morgan fingerprint density at radius 2 is 1.81 bits per heavy atom. The summed E-state index contributed by atoms with van der Waals surface area (Å²) >= 11 is 1.45. The number of carbonyl (C=O) groups excluding carboxylic acids is 2. The van der Waals surface area contributed by atoms with Gasteiger partial charge in [-0.05, 0) is 35.4 Å². The Labute approximate surface area is 162 Å². The van der Waals surface area contributed by atoms with Gasteiger partial charge < -0.3 is 10.6 Å². The van der Waals surface area contributed by atoms with Gasteiger partial charge in [-0.2, -0.15) is 0 Å². The van der Waals surface area contributed by atoms with Crippen molar-refractivity contribution in [2.45, 2.75) is 29.5 Å². The van der Waals surface area contributed by atoms with E-state index in [-0.39, 0.29) is 24.3 Å². The van der Waals surface area contributed by atoms with Crippen LogP contribution in [0.15, 0.2) is 71.6 Å². The molecule has 3 aromatic rings. The summed E-state index contributed by atoms with van der Waals surface area (Å²) in [5, 5.41) is 7.79. The van der Waals surface area contributed by atoms with Gasteiger partial charge in [0.25, 0.3) is 0 Å². The Balaban J connectivity index is 1.46. The molecule has 0 fully saturated rings. The fraction of sp³-hybridized carbons (Fsp3) is 0.182. The predicted octanol–water partition coefficient (Wildman–Crippen LogP) is 4.52. The Morgan fingerprint density at radius 3 is 2.70 bits per heavy atom. The van der Waals surface area contributed by atoms with Gasteiger partial charge >= 0.3 is 0 Å². The highest BCUT2D eigenvalue weighted by molar-refractivity contribution is 8.01. The van der Waals surface area contributed by atoms with Crippen molar-refractivity contribution >= 4 is 40.0 Å². The largest absolute Gasteiger partial charge is 0.350 e. The first-order valence-electron chi connectivity index (χ1n) is 8.95. The summed E-state index contributed by atoms with van der Waals surface area (Å²) in [5.41, 5.74) is 1.89. The number of thioether (sulfide) groups is 1. The lowest BCUT2D eigenvalue weighted by Gasteiger charge is -2.24. The van der Waals surface area contributed by atoms with Crippen LogP contribution in [0.5, 0.6) is 0 Å². The van der Waals surface area contributed by atoms with Crippen molar-refractivity contribution in [3.8, 4) is 0 Å². The average molecular weight is 376 g/mol. The SMILES string of the molecule is CC(NC(=O)CC1Sc2ccccc2NC1=O)c1cccc2ccccc12. The molecular formula is C22H20N2O2S. The van der Waals surface area contributed by atoms with E-state index < -0.39 is 5.25 Å². The van der Waals surface area contributed by atoms with Crippen molar-refractivity contribution < 1.29 is 9.59 Å². The van der Waals surface area contributed by atoms with Crippen LogP contribution in [0.4, 0.5) is 5.69 Å². The van der Waals surface area contributed by atoms with Crippen molar-refractivity contribution in [1.29, 1.82) is 0 Å². The van der Waals surface area contributed by atoms with E-state index in [1.54, 1.807) is 0 Å². The van der Waals surface area contributed by atoms with Gasteiger partial charge in [-0.1, -0.05) is 54.6 Å². The Bertz CT molecular complexity index is 1010. The highest BCUT2D eigenvalue weighted by Gasteiger charge is 2.29. The predicted molar refractivity (Wildman–Crippen MR) is 110 cm³/mol. The normalized spacial score (nSPS) is 17.1. The number of hydrogen-bond donors (Lipinski definition) is 2. The van der Waals surface area contributed by atoms with Crippen LogP contribution in [0.2, 0.25) is 0 Å². The topological polar surface area (TPSA) is 58.2 Å². The number of anilines is 1. The van der Waals surface area contributed by atoms with E-state index in [4.69, 9.17) is 0 Å². The minimum absolute atomic E-state index is 0.119. The fourth-order valence-electron chi connectivity index (χ4n) is 3.40. The first-order chi connectivity index (χ1) is 13.1. The molecule has 0 radical (unpaired) electrons. The highest BCUT2D eigenvalue weighted by atomic mass is 32.2. The summed E-state index contributed by atoms with van der Waals surface area (Å²) in [6.07, 6.45) is 0.153. The number of nitrogens with one attached hydrogen (secondary N) is 2. The third-order valence-electron chi connectivity index (χ3n) is 4.74. The van der Waals surface area contributed by atoms with Gasteiger partial charge in [0.1, 0.15) is 0 Å². The maximum absolute atomic E-state index is 12.6. The lowest BCUT2D eigenvalue weighted by Crippen LogP contribution is -2.35. The van der Waals surface area contributed by atoms with Crippen LogP contribution >= 0.6 is 11.8 Å². The number of fused-ring (bicyclic) bond motifs is 2. The molecule has 0 bridgehead atoms. The fourth-order valence-corrected chi connectivity index (χ4v) is 4.51. The van der Waals surface area contributed by atoms with Crippen molar-refractivity contribution in [1.82, 2.24) is 5.32 Å². The second-order valence-electron chi connectivity index (χ2n) is 6.65. The molecule has 4 nitrogen and oxygen atoms in total.